The number of methoxy groups -OCH3 is 1. The highest BCUT2D eigenvalue weighted by Gasteiger charge is 2.21. The second kappa shape index (κ2) is 3.65. The van der Waals surface area contributed by atoms with Crippen molar-refractivity contribution in [3.63, 3.8) is 0 Å². The molecule has 3 nitrogen and oxygen atoms in total. The van der Waals surface area contributed by atoms with Crippen molar-refractivity contribution in [2.24, 2.45) is 0 Å². The average Bonchev–Trinajstić information content (AvgIpc) is 2.17. The largest absolute Gasteiger partial charge is 0.381 e. The number of hydrogen-bond donors (Lipinski definition) is 0. The molecule has 2 rings (SSSR count). The van der Waals surface area contributed by atoms with E-state index >= 15 is 0 Å². The van der Waals surface area contributed by atoms with Gasteiger partial charge in [0, 0.05) is 24.9 Å². The van der Waals surface area contributed by atoms with E-state index in [0.29, 0.717) is 6.10 Å². The minimum absolute atomic E-state index is 0.354. The summed E-state index contributed by atoms with van der Waals surface area (Å²) in [7, 11) is 1.78. The Morgan fingerprint density at radius 2 is 2.07 bits per heavy atom. The first-order valence-electron chi connectivity index (χ1n) is 5.06. The third kappa shape index (κ3) is 1.64. The molecule has 0 spiro atoms. The van der Waals surface area contributed by atoms with Gasteiger partial charge < -0.3 is 4.74 Å². The van der Waals surface area contributed by atoms with Crippen LogP contribution in [-0.2, 0) is 17.6 Å². The zero-order valence-corrected chi connectivity index (χ0v) is 9.00. The van der Waals surface area contributed by atoms with Crippen LogP contribution in [0.3, 0.4) is 0 Å². The topological polar surface area (TPSA) is 35.0 Å². The fourth-order valence-corrected chi connectivity index (χ4v) is 2.11. The third-order valence-corrected chi connectivity index (χ3v) is 2.88. The van der Waals surface area contributed by atoms with Crippen LogP contribution in [0.2, 0.25) is 0 Å². The van der Waals surface area contributed by atoms with Gasteiger partial charge in [-0.1, -0.05) is 0 Å². The van der Waals surface area contributed by atoms with Gasteiger partial charge in [-0.2, -0.15) is 0 Å². The van der Waals surface area contributed by atoms with Crippen LogP contribution in [0.25, 0.3) is 0 Å². The normalized spacial score (nSPS) is 20.6. The van der Waals surface area contributed by atoms with Crippen LogP contribution >= 0.6 is 0 Å². The molecule has 0 fully saturated rings. The van der Waals surface area contributed by atoms with E-state index in [1.54, 1.807) is 7.11 Å². The lowest BCUT2D eigenvalue weighted by molar-refractivity contribution is 0.0901. The third-order valence-electron chi connectivity index (χ3n) is 2.88. The van der Waals surface area contributed by atoms with Crippen LogP contribution in [0.5, 0.6) is 0 Å². The zero-order valence-electron chi connectivity index (χ0n) is 9.00. The number of aryl methyl sites for hydroxylation is 3. The standard InChI is InChI=1S/C11H16N2O/c1-7-10-6-9(14-3)4-5-11(10)13-8(2)12-7/h9H,4-6H2,1-3H3. The van der Waals surface area contributed by atoms with E-state index in [2.05, 4.69) is 16.9 Å². The Morgan fingerprint density at radius 3 is 2.79 bits per heavy atom. The summed E-state index contributed by atoms with van der Waals surface area (Å²) in [5, 5.41) is 0. The minimum atomic E-state index is 0.354. The summed E-state index contributed by atoms with van der Waals surface area (Å²) in [6.45, 7) is 4.02. The molecule has 0 amide bonds. The van der Waals surface area contributed by atoms with E-state index in [9.17, 15) is 0 Å². The van der Waals surface area contributed by atoms with E-state index in [0.717, 1.165) is 30.8 Å². The van der Waals surface area contributed by atoms with Crippen molar-refractivity contribution in [3.8, 4) is 0 Å². The lowest BCUT2D eigenvalue weighted by Gasteiger charge is -2.23. The summed E-state index contributed by atoms with van der Waals surface area (Å²) in [4.78, 5) is 8.87. The van der Waals surface area contributed by atoms with Crippen LogP contribution in [0, 0.1) is 13.8 Å². The maximum Gasteiger partial charge on any atom is 0.125 e. The molecular weight excluding hydrogens is 176 g/mol. The van der Waals surface area contributed by atoms with Crippen LogP contribution in [0.1, 0.15) is 29.2 Å². The molecule has 1 aliphatic rings. The molecule has 0 bridgehead atoms. The first-order chi connectivity index (χ1) is 6.70. The monoisotopic (exact) mass is 192 g/mol. The maximum absolute atomic E-state index is 5.38. The quantitative estimate of drug-likeness (QED) is 0.678. The fourth-order valence-electron chi connectivity index (χ4n) is 2.11. The van der Waals surface area contributed by atoms with Crippen molar-refractivity contribution >= 4 is 0 Å². The molecule has 1 aliphatic carbocycles. The smallest absolute Gasteiger partial charge is 0.125 e. The number of nitrogens with zero attached hydrogens (tertiary/aromatic N) is 2. The summed E-state index contributed by atoms with van der Waals surface area (Å²) >= 11 is 0. The molecule has 0 saturated carbocycles. The van der Waals surface area contributed by atoms with Crippen molar-refractivity contribution in [3.05, 3.63) is 22.8 Å². The van der Waals surface area contributed by atoms with Crippen LogP contribution in [-0.4, -0.2) is 23.2 Å². The van der Waals surface area contributed by atoms with Crippen molar-refractivity contribution < 1.29 is 4.74 Å². The van der Waals surface area contributed by atoms with Gasteiger partial charge in [-0.15, -0.1) is 0 Å². The SMILES string of the molecule is COC1CCc2nc(C)nc(C)c2C1. The number of hydrogen-bond acceptors (Lipinski definition) is 3. The number of rotatable bonds is 1. The highest BCUT2D eigenvalue weighted by atomic mass is 16.5. The predicted octanol–water partition coefficient (Wildman–Crippen LogP) is 1.60. The molecule has 1 atom stereocenters. The van der Waals surface area contributed by atoms with Crippen molar-refractivity contribution in [2.45, 2.75) is 39.2 Å². The molecule has 76 valence electrons. The van der Waals surface area contributed by atoms with Gasteiger partial charge in [0.25, 0.3) is 0 Å². The zero-order chi connectivity index (χ0) is 10.1. The highest BCUT2D eigenvalue weighted by Crippen LogP contribution is 2.23. The molecule has 3 heteroatoms. The summed E-state index contributed by atoms with van der Waals surface area (Å²) in [5.41, 5.74) is 3.64. The Morgan fingerprint density at radius 1 is 1.29 bits per heavy atom. The number of aromatic nitrogens is 2. The van der Waals surface area contributed by atoms with Crippen LogP contribution in [0.15, 0.2) is 0 Å². The van der Waals surface area contributed by atoms with E-state index in [1.165, 1.54) is 11.3 Å². The summed E-state index contributed by atoms with van der Waals surface area (Å²) < 4.78 is 5.38. The minimum Gasteiger partial charge on any atom is -0.381 e. The van der Waals surface area contributed by atoms with Gasteiger partial charge in [-0.25, -0.2) is 9.97 Å². The predicted molar refractivity (Wildman–Crippen MR) is 54.3 cm³/mol. The van der Waals surface area contributed by atoms with Gasteiger partial charge in [-0.3, -0.25) is 0 Å². The van der Waals surface area contributed by atoms with Crippen molar-refractivity contribution in [1.82, 2.24) is 9.97 Å². The first-order valence-corrected chi connectivity index (χ1v) is 5.06. The van der Waals surface area contributed by atoms with Gasteiger partial charge in [0.05, 0.1) is 6.10 Å². The van der Waals surface area contributed by atoms with Crippen LogP contribution < -0.4 is 0 Å². The molecule has 0 radical (unpaired) electrons. The Hall–Kier alpha value is -0.960. The summed E-state index contributed by atoms with van der Waals surface area (Å²) in [6.07, 6.45) is 3.43. The van der Waals surface area contributed by atoms with E-state index in [1.807, 2.05) is 6.92 Å². The molecular formula is C11H16N2O. The van der Waals surface area contributed by atoms with Crippen molar-refractivity contribution in [1.29, 1.82) is 0 Å². The van der Waals surface area contributed by atoms with Gasteiger partial charge in [0.15, 0.2) is 0 Å². The summed E-state index contributed by atoms with van der Waals surface area (Å²) in [5.74, 6) is 0.886. The van der Waals surface area contributed by atoms with Gasteiger partial charge in [0.2, 0.25) is 0 Å². The molecule has 0 N–H and O–H groups in total. The highest BCUT2D eigenvalue weighted by molar-refractivity contribution is 5.28. The van der Waals surface area contributed by atoms with Crippen molar-refractivity contribution in [2.75, 3.05) is 7.11 Å². The van der Waals surface area contributed by atoms with Crippen LogP contribution in [0.4, 0.5) is 0 Å². The molecule has 1 heterocycles. The molecule has 1 aromatic heterocycles. The lowest BCUT2D eigenvalue weighted by atomic mass is 9.92. The number of ether oxygens (including phenoxy) is 1. The fraction of sp³-hybridized carbons (Fsp3) is 0.636. The molecule has 0 aromatic carbocycles. The Balaban J connectivity index is 2.37. The van der Waals surface area contributed by atoms with Gasteiger partial charge >= 0.3 is 0 Å². The Kier molecular flexibility index (Phi) is 2.50. The number of fused-ring (bicyclic) bond motifs is 1. The lowest BCUT2D eigenvalue weighted by Crippen LogP contribution is -2.23. The Bertz CT molecular complexity index is 349. The summed E-state index contributed by atoms with van der Waals surface area (Å²) in [6, 6.07) is 0. The molecule has 1 unspecified atom stereocenters. The first kappa shape index (κ1) is 9.59. The second-order valence-corrected chi connectivity index (χ2v) is 3.88. The van der Waals surface area contributed by atoms with Gasteiger partial charge in [0.1, 0.15) is 5.82 Å². The molecule has 0 saturated heterocycles. The second-order valence-electron chi connectivity index (χ2n) is 3.88. The molecule has 14 heavy (non-hydrogen) atoms. The van der Waals surface area contributed by atoms with E-state index in [4.69, 9.17) is 4.74 Å². The maximum atomic E-state index is 5.38. The average molecular weight is 192 g/mol. The van der Waals surface area contributed by atoms with E-state index in [-0.39, 0.29) is 0 Å². The molecule has 0 aliphatic heterocycles. The van der Waals surface area contributed by atoms with Gasteiger partial charge in [-0.05, 0) is 32.3 Å². The molecule has 1 aromatic rings. The Labute approximate surface area is 84.5 Å². The van der Waals surface area contributed by atoms with E-state index < -0.39 is 0 Å².